The van der Waals surface area contributed by atoms with Crippen molar-refractivity contribution in [1.29, 1.82) is 0 Å². The SMILES string of the molecule is COCC1CCS(=O)(=O)C12CN(C(=O)c1ccc(C)o1)C2. The summed E-state index contributed by atoms with van der Waals surface area (Å²) in [5.74, 6) is 0.838. The van der Waals surface area contributed by atoms with Gasteiger partial charge in [0.1, 0.15) is 10.5 Å². The fraction of sp³-hybridized carbons (Fsp3) is 0.643. The van der Waals surface area contributed by atoms with Gasteiger partial charge in [0.25, 0.3) is 5.91 Å². The Kier molecular flexibility index (Phi) is 3.37. The van der Waals surface area contributed by atoms with Crippen LogP contribution in [0.1, 0.15) is 22.7 Å². The lowest BCUT2D eigenvalue weighted by Crippen LogP contribution is -2.68. The number of sulfone groups is 1. The minimum atomic E-state index is -3.17. The van der Waals surface area contributed by atoms with Crippen molar-refractivity contribution in [2.45, 2.75) is 18.1 Å². The second-order valence-electron chi connectivity index (χ2n) is 5.90. The van der Waals surface area contributed by atoms with Crippen molar-refractivity contribution in [1.82, 2.24) is 4.90 Å². The maximum atomic E-state index is 12.3. The average Bonchev–Trinajstić information content (AvgIpc) is 2.90. The zero-order chi connectivity index (χ0) is 15.3. The van der Waals surface area contributed by atoms with Crippen LogP contribution in [0.3, 0.4) is 0 Å². The zero-order valence-electron chi connectivity index (χ0n) is 12.2. The first-order valence-corrected chi connectivity index (χ1v) is 8.62. The Hall–Kier alpha value is -1.34. The molecule has 0 bridgehead atoms. The molecule has 0 N–H and O–H groups in total. The highest BCUT2D eigenvalue weighted by Gasteiger charge is 2.62. The van der Waals surface area contributed by atoms with Gasteiger partial charge in [-0.2, -0.15) is 0 Å². The van der Waals surface area contributed by atoms with Crippen LogP contribution < -0.4 is 0 Å². The molecule has 2 fully saturated rings. The topological polar surface area (TPSA) is 76.8 Å². The van der Waals surface area contributed by atoms with E-state index in [4.69, 9.17) is 9.15 Å². The van der Waals surface area contributed by atoms with E-state index in [2.05, 4.69) is 0 Å². The lowest BCUT2D eigenvalue weighted by atomic mass is 9.83. The van der Waals surface area contributed by atoms with Crippen LogP contribution in [0, 0.1) is 12.8 Å². The van der Waals surface area contributed by atoms with E-state index in [9.17, 15) is 13.2 Å². The van der Waals surface area contributed by atoms with Gasteiger partial charge in [0, 0.05) is 26.1 Å². The molecule has 1 aromatic rings. The van der Waals surface area contributed by atoms with Gasteiger partial charge in [-0.05, 0) is 25.5 Å². The van der Waals surface area contributed by atoms with Gasteiger partial charge in [-0.25, -0.2) is 8.42 Å². The number of likely N-dealkylation sites (tertiary alicyclic amines) is 1. The summed E-state index contributed by atoms with van der Waals surface area (Å²) < 4.78 is 34.3. The molecule has 0 aliphatic carbocycles. The van der Waals surface area contributed by atoms with Gasteiger partial charge in [0.15, 0.2) is 15.6 Å². The van der Waals surface area contributed by atoms with Crippen LogP contribution in [0.15, 0.2) is 16.5 Å². The van der Waals surface area contributed by atoms with Crippen LogP contribution in [0.25, 0.3) is 0 Å². The van der Waals surface area contributed by atoms with Gasteiger partial charge in [0.05, 0.1) is 12.4 Å². The standard InChI is InChI=1S/C14H19NO5S/c1-10-3-4-12(20-10)13(16)15-8-14(9-15)11(7-19-2)5-6-21(14,17)18/h3-4,11H,5-9H2,1-2H3. The van der Waals surface area contributed by atoms with E-state index >= 15 is 0 Å². The van der Waals surface area contributed by atoms with Gasteiger partial charge in [-0.3, -0.25) is 4.79 Å². The van der Waals surface area contributed by atoms with Gasteiger partial charge >= 0.3 is 0 Å². The molecule has 2 saturated heterocycles. The molecule has 1 amide bonds. The smallest absolute Gasteiger partial charge is 0.289 e. The highest BCUT2D eigenvalue weighted by molar-refractivity contribution is 7.93. The van der Waals surface area contributed by atoms with Crippen molar-refractivity contribution in [2.24, 2.45) is 5.92 Å². The minimum absolute atomic E-state index is 0.0325. The van der Waals surface area contributed by atoms with Crippen molar-refractivity contribution >= 4 is 15.7 Å². The number of nitrogens with zero attached hydrogens (tertiary/aromatic N) is 1. The van der Waals surface area contributed by atoms with Crippen LogP contribution in [0.2, 0.25) is 0 Å². The van der Waals surface area contributed by atoms with E-state index in [0.29, 0.717) is 18.8 Å². The van der Waals surface area contributed by atoms with Crippen molar-refractivity contribution in [3.05, 3.63) is 23.7 Å². The third-order valence-electron chi connectivity index (χ3n) is 4.62. The number of hydrogen-bond donors (Lipinski definition) is 0. The Morgan fingerprint density at radius 3 is 2.76 bits per heavy atom. The van der Waals surface area contributed by atoms with Crippen molar-refractivity contribution < 1.29 is 22.4 Å². The maximum absolute atomic E-state index is 12.3. The summed E-state index contributed by atoms with van der Waals surface area (Å²) in [5, 5.41) is 0. The van der Waals surface area contributed by atoms with Crippen molar-refractivity contribution in [3.8, 4) is 0 Å². The number of aryl methyl sites for hydroxylation is 1. The summed E-state index contributed by atoms with van der Waals surface area (Å²) in [6.45, 7) is 2.66. The summed E-state index contributed by atoms with van der Waals surface area (Å²) >= 11 is 0. The summed E-state index contributed by atoms with van der Waals surface area (Å²) in [6, 6.07) is 3.35. The van der Waals surface area contributed by atoms with Crippen LogP contribution in [0.4, 0.5) is 0 Å². The fourth-order valence-corrected chi connectivity index (χ4v) is 5.76. The molecule has 2 aliphatic rings. The molecule has 3 rings (SSSR count). The summed E-state index contributed by atoms with van der Waals surface area (Å²) in [6.07, 6.45) is 0.609. The van der Waals surface area contributed by atoms with Crippen LogP contribution in [-0.4, -0.2) is 56.5 Å². The molecule has 1 aromatic heterocycles. The Morgan fingerprint density at radius 2 is 2.19 bits per heavy atom. The van der Waals surface area contributed by atoms with E-state index in [1.165, 1.54) is 0 Å². The number of methoxy groups -OCH3 is 1. The zero-order valence-corrected chi connectivity index (χ0v) is 13.0. The summed E-state index contributed by atoms with van der Waals surface area (Å²) in [5.41, 5.74) is 0. The molecule has 1 spiro atoms. The quantitative estimate of drug-likeness (QED) is 0.827. The second kappa shape index (κ2) is 4.84. The molecule has 21 heavy (non-hydrogen) atoms. The third-order valence-corrected chi connectivity index (χ3v) is 7.23. The van der Waals surface area contributed by atoms with Gasteiger partial charge < -0.3 is 14.1 Å². The first-order valence-electron chi connectivity index (χ1n) is 6.96. The molecule has 1 unspecified atom stereocenters. The van der Waals surface area contributed by atoms with E-state index in [1.54, 1.807) is 31.1 Å². The number of furan rings is 1. The highest BCUT2D eigenvalue weighted by Crippen LogP contribution is 2.45. The van der Waals surface area contributed by atoms with E-state index < -0.39 is 14.6 Å². The molecule has 6 nitrogen and oxygen atoms in total. The fourth-order valence-electron chi connectivity index (χ4n) is 3.36. The monoisotopic (exact) mass is 313 g/mol. The predicted octanol–water partition coefficient (Wildman–Crippen LogP) is 0.864. The minimum Gasteiger partial charge on any atom is -0.456 e. The van der Waals surface area contributed by atoms with E-state index in [1.807, 2.05) is 0 Å². The number of hydrogen-bond acceptors (Lipinski definition) is 5. The lowest BCUT2D eigenvalue weighted by Gasteiger charge is -2.49. The number of rotatable bonds is 3. The Labute approximate surface area is 124 Å². The summed E-state index contributed by atoms with van der Waals surface area (Å²) in [4.78, 5) is 13.8. The van der Waals surface area contributed by atoms with Gasteiger partial charge in [-0.1, -0.05) is 0 Å². The van der Waals surface area contributed by atoms with Gasteiger partial charge in [-0.15, -0.1) is 0 Å². The molecule has 1 atom stereocenters. The first kappa shape index (κ1) is 14.6. The molecule has 0 saturated carbocycles. The molecular weight excluding hydrogens is 294 g/mol. The third kappa shape index (κ3) is 2.10. The Morgan fingerprint density at radius 1 is 1.48 bits per heavy atom. The van der Waals surface area contributed by atoms with Crippen LogP contribution in [0.5, 0.6) is 0 Å². The molecule has 0 radical (unpaired) electrons. The molecule has 2 aliphatic heterocycles. The van der Waals surface area contributed by atoms with Crippen molar-refractivity contribution in [3.63, 3.8) is 0 Å². The second-order valence-corrected chi connectivity index (χ2v) is 8.35. The number of carbonyl (C=O) groups is 1. The Bertz CT molecular complexity index is 657. The number of amides is 1. The van der Waals surface area contributed by atoms with Crippen molar-refractivity contribution in [2.75, 3.05) is 32.6 Å². The van der Waals surface area contributed by atoms with Crippen LogP contribution in [-0.2, 0) is 14.6 Å². The number of ether oxygens (including phenoxy) is 1. The average molecular weight is 313 g/mol. The Balaban J connectivity index is 1.77. The van der Waals surface area contributed by atoms with Gasteiger partial charge in [0.2, 0.25) is 0 Å². The summed E-state index contributed by atoms with van der Waals surface area (Å²) in [7, 11) is -1.59. The molecule has 7 heteroatoms. The molecule has 116 valence electrons. The predicted molar refractivity (Wildman–Crippen MR) is 75.8 cm³/mol. The maximum Gasteiger partial charge on any atom is 0.289 e. The largest absolute Gasteiger partial charge is 0.456 e. The number of carbonyl (C=O) groups excluding carboxylic acids is 1. The lowest BCUT2D eigenvalue weighted by molar-refractivity contribution is 0.0311. The molecule has 3 heterocycles. The normalized spacial score (nSPS) is 26.0. The molecular formula is C14H19NO5S. The van der Waals surface area contributed by atoms with E-state index in [-0.39, 0.29) is 36.4 Å². The highest BCUT2D eigenvalue weighted by atomic mass is 32.2. The van der Waals surface area contributed by atoms with E-state index in [0.717, 1.165) is 0 Å². The first-order chi connectivity index (χ1) is 9.89. The molecule has 0 aromatic carbocycles. The van der Waals surface area contributed by atoms with Crippen LogP contribution >= 0.6 is 0 Å².